The van der Waals surface area contributed by atoms with Gasteiger partial charge in [-0.15, -0.1) is 0 Å². The maximum Gasteiger partial charge on any atom is -0.0414 e. The van der Waals surface area contributed by atoms with E-state index >= 15 is 0 Å². The van der Waals surface area contributed by atoms with Gasteiger partial charge in [-0.2, -0.15) is 0 Å². The molecule has 0 amide bonds. The highest BCUT2D eigenvalue weighted by atomic mass is 14.1. The highest BCUT2D eigenvalue weighted by Gasteiger charge is 2.08. The Kier molecular flexibility index (Phi) is 24.0. The van der Waals surface area contributed by atoms with Crippen LogP contribution in [-0.4, -0.2) is 0 Å². The maximum absolute atomic E-state index is 2.33. The standard InChI is InChI=1S/C27H56/c1-4-7-10-13-15-16-18-20-23-26-27(24-21-12-9-6-3)25-22-19-17-14-11-8-5-2/h27H,4-26H2,1-3H3. The molecule has 0 saturated heterocycles. The van der Waals surface area contributed by atoms with Gasteiger partial charge < -0.3 is 0 Å². The second-order valence-corrected chi connectivity index (χ2v) is 9.24. The largest absolute Gasteiger partial charge is 0.0654 e. The summed E-state index contributed by atoms with van der Waals surface area (Å²) in [6, 6.07) is 0. The second-order valence-electron chi connectivity index (χ2n) is 9.24. The van der Waals surface area contributed by atoms with Crippen molar-refractivity contribution in [2.24, 2.45) is 5.92 Å². The SMILES string of the molecule is CCCCCCCCCCCC(CCCCCC)CCCCCCCCC. The molecule has 164 valence electrons. The average Bonchev–Trinajstić information content (AvgIpc) is 2.68. The summed E-state index contributed by atoms with van der Waals surface area (Å²) in [5.74, 6) is 1.04. The van der Waals surface area contributed by atoms with Gasteiger partial charge in [-0.05, 0) is 5.92 Å². The second kappa shape index (κ2) is 24.0. The van der Waals surface area contributed by atoms with Gasteiger partial charge in [-0.25, -0.2) is 0 Å². The van der Waals surface area contributed by atoms with E-state index in [-0.39, 0.29) is 0 Å². The summed E-state index contributed by atoms with van der Waals surface area (Å²) >= 11 is 0. The predicted molar refractivity (Wildman–Crippen MR) is 127 cm³/mol. The highest BCUT2D eigenvalue weighted by molar-refractivity contribution is 4.62. The number of unbranched alkanes of at least 4 members (excludes halogenated alkanes) is 17. The number of rotatable bonds is 23. The molecule has 0 aromatic carbocycles. The first-order valence-corrected chi connectivity index (χ1v) is 13.3. The van der Waals surface area contributed by atoms with Gasteiger partial charge in [-0.1, -0.05) is 168 Å². The fraction of sp³-hybridized carbons (Fsp3) is 1.00. The molecule has 0 bridgehead atoms. The summed E-state index contributed by atoms with van der Waals surface area (Å²) in [5, 5.41) is 0. The van der Waals surface area contributed by atoms with E-state index in [2.05, 4.69) is 20.8 Å². The normalized spacial score (nSPS) is 12.6. The number of hydrogen-bond acceptors (Lipinski definition) is 0. The first-order valence-electron chi connectivity index (χ1n) is 13.3. The fourth-order valence-electron chi connectivity index (χ4n) is 4.43. The van der Waals surface area contributed by atoms with Crippen LogP contribution < -0.4 is 0 Å². The van der Waals surface area contributed by atoms with E-state index in [1.165, 1.54) is 148 Å². The van der Waals surface area contributed by atoms with Crippen molar-refractivity contribution in [1.82, 2.24) is 0 Å². The first kappa shape index (κ1) is 27.0. The molecule has 1 unspecified atom stereocenters. The summed E-state index contributed by atoms with van der Waals surface area (Å²) in [7, 11) is 0. The van der Waals surface area contributed by atoms with Crippen LogP contribution in [0.15, 0.2) is 0 Å². The lowest BCUT2D eigenvalue weighted by molar-refractivity contribution is 0.366. The number of hydrogen-bond donors (Lipinski definition) is 0. The maximum atomic E-state index is 2.33. The molecule has 0 aromatic rings. The Hall–Kier alpha value is 0. The van der Waals surface area contributed by atoms with Gasteiger partial charge in [0.15, 0.2) is 0 Å². The van der Waals surface area contributed by atoms with Crippen LogP contribution in [0.1, 0.15) is 168 Å². The molecule has 0 aromatic heterocycles. The van der Waals surface area contributed by atoms with Crippen molar-refractivity contribution in [3.8, 4) is 0 Å². The fourth-order valence-corrected chi connectivity index (χ4v) is 4.43. The third kappa shape index (κ3) is 22.2. The van der Waals surface area contributed by atoms with Crippen LogP contribution in [-0.2, 0) is 0 Å². The van der Waals surface area contributed by atoms with Crippen molar-refractivity contribution in [2.45, 2.75) is 168 Å². The Labute approximate surface area is 174 Å². The zero-order chi connectivity index (χ0) is 19.8. The van der Waals surface area contributed by atoms with Gasteiger partial charge in [-0.3, -0.25) is 0 Å². The lowest BCUT2D eigenvalue weighted by Crippen LogP contribution is -2.01. The Morgan fingerprint density at radius 1 is 0.296 bits per heavy atom. The van der Waals surface area contributed by atoms with Crippen molar-refractivity contribution in [1.29, 1.82) is 0 Å². The summed E-state index contributed by atoms with van der Waals surface area (Å²) in [6.45, 7) is 6.96. The molecule has 27 heavy (non-hydrogen) atoms. The minimum atomic E-state index is 1.04. The van der Waals surface area contributed by atoms with E-state index in [4.69, 9.17) is 0 Å². The topological polar surface area (TPSA) is 0 Å². The third-order valence-corrected chi connectivity index (χ3v) is 6.40. The van der Waals surface area contributed by atoms with Crippen molar-refractivity contribution in [2.75, 3.05) is 0 Å². The van der Waals surface area contributed by atoms with Crippen LogP contribution in [0.2, 0.25) is 0 Å². The van der Waals surface area contributed by atoms with E-state index in [1.54, 1.807) is 0 Å². The van der Waals surface area contributed by atoms with E-state index in [1.807, 2.05) is 0 Å². The minimum Gasteiger partial charge on any atom is -0.0654 e. The third-order valence-electron chi connectivity index (χ3n) is 6.40. The molecule has 0 radical (unpaired) electrons. The van der Waals surface area contributed by atoms with Crippen LogP contribution in [0.25, 0.3) is 0 Å². The average molecular weight is 381 g/mol. The monoisotopic (exact) mass is 380 g/mol. The van der Waals surface area contributed by atoms with Gasteiger partial charge in [0.05, 0.1) is 0 Å². The van der Waals surface area contributed by atoms with Crippen LogP contribution in [0.5, 0.6) is 0 Å². The van der Waals surface area contributed by atoms with Crippen LogP contribution in [0.4, 0.5) is 0 Å². The highest BCUT2D eigenvalue weighted by Crippen LogP contribution is 2.24. The van der Waals surface area contributed by atoms with Gasteiger partial charge in [0.2, 0.25) is 0 Å². The van der Waals surface area contributed by atoms with E-state index in [0.29, 0.717) is 0 Å². The summed E-state index contributed by atoms with van der Waals surface area (Å²) < 4.78 is 0. The molecule has 0 aliphatic carbocycles. The summed E-state index contributed by atoms with van der Waals surface area (Å²) in [6.07, 6.45) is 33.8. The van der Waals surface area contributed by atoms with Crippen molar-refractivity contribution in [3.05, 3.63) is 0 Å². The van der Waals surface area contributed by atoms with Crippen molar-refractivity contribution in [3.63, 3.8) is 0 Å². The molecule has 0 saturated carbocycles. The molecular weight excluding hydrogens is 324 g/mol. The molecule has 0 nitrogen and oxygen atoms in total. The zero-order valence-electron chi connectivity index (χ0n) is 19.8. The van der Waals surface area contributed by atoms with Crippen LogP contribution in [0, 0.1) is 5.92 Å². The Morgan fingerprint density at radius 3 is 0.815 bits per heavy atom. The molecule has 0 N–H and O–H groups in total. The van der Waals surface area contributed by atoms with Crippen LogP contribution >= 0.6 is 0 Å². The molecule has 0 rings (SSSR count). The van der Waals surface area contributed by atoms with Crippen LogP contribution in [0.3, 0.4) is 0 Å². The molecule has 0 aliphatic heterocycles. The molecule has 1 atom stereocenters. The molecule has 0 heteroatoms. The minimum absolute atomic E-state index is 1.04. The Morgan fingerprint density at radius 2 is 0.519 bits per heavy atom. The van der Waals surface area contributed by atoms with E-state index in [0.717, 1.165) is 5.92 Å². The first-order chi connectivity index (χ1) is 13.3. The van der Waals surface area contributed by atoms with Gasteiger partial charge >= 0.3 is 0 Å². The summed E-state index contributed by atoms with van der Waals surface area (Å²) in [5.41, 5.74) is 0. The molecule has 0 aliphatic rings. The predicted octanol–water partition coefficient (Wildman–Crippen LogP) is 10.6. The van der Waals surface area contributed by atoms with E-state index < -0.39 is 0 Å². The van der Waals surface area contributed by atoms with Crippen molar-refractivity contribution >= 4 is 0 Å². The lowest BCUT2D eigenvalue weighted by atomic mass is 9.89. The molecule has 0 heterocycles. The molecule has 0 fully saturated rings. The lowest BCUT2D eigenvalue weighted by Gasteiger charge is -2.17. The molecule has 0 spiro atoms. The Bertz CT molecular complexity index is 244. The summed E-state index contributed by atoms with van der Waals surface area (Å²) in [4.78, 5) is 0. The smallest absolute Gasteiger partial charge is 0.0414 e. The van der Waals surface area contributed by atoms with Gasteiger partial charge in [0.25, 0.3) is 0 Å². The van der Waals surface area contributed by atoms with Crippen molar-refractivity contribution < 1.29 is 0 Å². The quantitative estimate of drug-likeness (QED) is 0.155. The zero-order valence-corrected chi connectivity index (χ0v) is 19.8. The Balaban J connectivity index is 3.69. The molecular formula is C27H56. The van der Waals surface area contributed by atoms with Gasteiger partial charge in [0.1, 0.15) is 0 Å². The van der Waals surface area contributed by atoms with E-state index in [9.17, 15) is 0 Å². The van der Waals surface area contributed by atoms with Gasteiger partial charge in [0, 0.05) is 0 Å².